The molecule has 1 heterocycles. The highest BCUT2D eigenvalue weighted by molar-refractivity contribution is 5.43. The summed E-state index contributed by atoms with van der Waals surface area (Å²) in [6.45, 7) is 8.03. The molecule has 0 spiro atoms. The van der Waals surface area contributed by atoms with Crippen molar-refractivity contribution in [1.29, 1.82) is 0 Å². The second-order valence-corrected chi connectivity index (χ2v) is 2.98. The van der Waals surface area contributed by atoms with E-state index in [0.717, 1.165) is 17.0 Å². The molecular weight excluding hydrogens is 172 g/mol. The Kier molecular flexibility index (Phi) is 3.95. The van der Waals surface area contributed by atoms with E-state index in [-0.39, 0.29) is 0 Å². The minimum absolute atomic E-state index is 0.656. The molecule has 74 valence electrons. The van der Waals surface area contributed by atoms with Crippen molar-refractivity contribution in [2.75, 3.05) is 6.54 Å². The molecule has 0 radical (unpaired) electrons. The van der Waals surface area contributed by atoms with Gasteiger partial charge in [0.2, 0.25) is 0 Å². The van der Waals surface area contributed by atoms with Crippen molar-refractivity contribution >= 4 is 12.2 Å². The van der Waals surface area contributed by atoms with Gasteiger partial charge in [0.05, 0.1) is 0 Å². The predicted octanol–water partition coefficient (Wildman–Crippen LogP) is 0.449. The molecule has 14 heavy (non-hydrogen) atoms. The fraction of sp³-hybridized carbons (Fsp3) is 0.167. The first-order valence-electron chi connectivity index (χ1n) is 4.65. The van der Waals surface area contributed by atoms with Gasteiger partial charge in [-0.2, -0.15) is 0 Å². The van der Waals surface area contributed by atoms with Crippen LogP contribution in [0.2, 0.25) is 0 Å². The normalized spacial score (nSPS) is 13.2. The third kappa shape index (κ3) is 2.24. The number of hydrogen-bond acceptors (Lipinski definition) is 1. The molecule has 0 saturated heterocycles. The van der Waals surface area contributed by atoms with Crippen molar-refractivity contribution in [3.05, 3.63) is 47.6 Å². The number of aromatic nitrogens is 1. The molecule has 2 heteroatoms. The van der Waals surface area contributed by atoms with Crippen molar-refractivity contribution in [2.45, 2.75) is 6.42 Å². The van der Waals surface area contributed by atoms with E-state index in [1.54, 1.807) is 12.2 Å². The van der Waals surface area contributed by atoms with E-state index < -0.39 is 0 Å². The molecule has 1 aromatic heterocycles. The van der Waals surface area contributed by atoms with Gasteiger partial charge in [-0.15, -0.1) is 0 Å². The van der Waals surface area contributed by atoms with Gasteiger partial charge in [0, 0.05) is 16.8 Å². The first-order chi connectivity index (χ1) is 6.83. The molecule has 0 bridgehead atoms. The predicted molar refractivity (Wildman–Crippen MR) is 62.1 cm³/mol. The summed E-state index contributed by atoms with van der Waals surface area (Å²) in [6.07, 6.45) is 10.3. The van der Waals surface area contributed by atoms with E-state index in [1.165, 1.54) is 5.56 Å². The second-order valence-electron chi connectivity index (χ2n) is 2.98. The molecule has 0 aliphatic rings. The summed E-state index contributed by atoms with van der Waals surface area (Å²) in [5, 5.41) is 2.22. The van der Waals surface area contributed by atoms with E-state index in [0.29, 0.717) is 6.54 Å². The number of rotatable bonds is 4. The zero-order chi connectivity index (χ0) is 10.4. The molecule has 0 aromatic carbocycles. The number of nitrogens with one attached hydrogen (secondary N) is 1. The SMILES string of the molecule is C=C/C=c1/c(CCN)c[nH]/c1=C/C=C. The molecule has 3 N–H and O–H groups in total. The van der Waals surface area contributed by atoms with Crippen LogP contribution in [0.4, 0.5) is 0 Å². The van der Waals surface area contributed by atoms with Crippen LogP contribution in [0.25, 0.3) is 12.2 Å². The maximum atomic E-state index is 5.52. The first-order valence-corrected chi connectivity index (χ1v) is 4.65. The Labute approximate surface area is 84.1 Å². The Bertz CT molecular complexity index is 424. The quantitative estimate of drug-likeness (QED) is 0.707. The highest BCUT2D eigenvalue weighted by Gasteiger charge is 1.96. The van der Waals surface area contributed by atoms with Crippen molar-refractivity contribution in [3.8, 4) is 0 Å². The minimum Gasteiger partial charge on any atom is -0.361 e. The van der Waals surface area contributed by atoms with Crippen LogP contribution in [0.1, 0.15) is 5.56 Å². The van der Waals surface area contributed by atoms with Gasteiger partial charge in [0.1, 0.15) is 0 Å². The largest absolute Gasteiger partial charge is 0.361 e. The zero-order valence-electron chi connectivity index (χ0n) is 8.29. The van der Waals surface area contributed by atoms with Crippen LogP contribution in [0.5, 0.6) is 0 Å². The third-order valence-electron chi connectivity index (χ3n) is 2.02. The van der Waals surface area contributed by atoms with Crippen LogP contribution in [0.15, 0.2) is 31.5 Å². The van der Waals surface area contributed by atoms with Gasteiger partial charge in [0.15, 0.2) is 0 Å². The molecular formula is C12H16N2. The monoisotopic (exact) mass is 188 g/mol. The van der Waals surface area contributed by atoms with Gasteiger partial charge in [-0.05, 0) is 24.6 Å². The van der Waals surface area contributed by atoms with Crippen molar-refractivity contribution in [1.82, 2.24) is 4.98 Å². The zero-order valence-corrected chi connectivity index (χ0v) is 8.29. The van der Waals surface area contributed by atoms with E-state index in [4.69, 9.17) is 5.73 Å². The lowest BCUT2D eigenvalue weighted by molar-refractivity contribution is 0.965. The van der Waals surface area contributed by atoms with Crippen LogP contribution >= 0.6 is 0 Å². The molecule has 0 atom stereocenters. The Morgan fingerprint density at radius 1 is 1.29 bits per heavy atom. The maximum Gasteiger partial charge on any atom is 0.0456 e. The highest BCUT2D eigenvalue weighted by Crippen LogP contribution is 1.86. The van der Waals surface area contributed by atoms with E-state index in [9.17, 15) is 0 Å². The van der Waals surface area contributed by atoms with Crippen LogP contribution in [-0.2, 0) is 6.42 Å². The van der Waals surface area contributed by atoms with Crippen molar-refractivity contribution in [3.63, 3.8) is 0 Å². The molecule has 2 nitrogen and oxygen atoms in total. The Balaban J connectivity index is 3.35. The van der Waals surface area contributed by atoms with E-state index in [1.807, 2.05) is 18.3 Å². The summed E-state index contributed by atoms with van der Waals surface area (Å²) in [4.78, 5) is 3.18. The number of hydrogen-bond donors (Lipinski definition) is 2. The molecule has 1 rings (SSSR count). The smallest absolute Gasteiger partial charge is 0.0456 e. The minimum atomic E-state index is 0.656. The lowest BCUT2D eigenvalue weighted by Gasteiger charge is -1.90. The summed E-state index contributed by atoms with van der Waals surface area (Å²) in [5.74, 6) is 0. The lowest BCUT2D eigenvalue weighted by atomic mass is 10.2. The Hall–Kier alpha value is -1.54. The molecule has 0 aliphatic carbocycles. The van der Waals surface area contributed by atoms with Gasteiger partial charge >= 0.3 is 0 Å². The van der Waals surface area contributed by atoms with Gasteiger partial charge in [-0.3, -0.25) is 0 Å². The number of allylic oxidation sites excluding steroid dienone is 2. The second kappa shape index (κ2) is 5.25. The molecule has 1 aromatic rings. The van der Waals surface area contributed by atoms with Crippen molar-refractivity contribution < 1.29 is 0 Å². The van der Waals surface area contributed by atoms with Crippen molar-refractivity contribution in [2.24, 2.45) is 5.73 Å². The van der Waals surface area contributed by atoms with Gasteiger partial charge in [-0.1, -0.05) is 31.4 Å². The molecule has 0 saturated carbocycles. The van der Waals surface area contributed by atoms with Crippen LogP contribution in [0.3, 0.4) is 0 Å². The van der Waals surface area contributed by atoms with Gasteiger partial charge in [0.25, 0.3) is 0 Å². The number of H-pyrrole nitrogens is 1. The maximum absolute atomic E-state index is 5.52. The fourth-order valence-electron chi connectivity index (χ4n) is 1.43. The number of aromatic amines is 1. The molecule has 0 unspecified atom stereocenters. The van der Waals surface area contributed by atoms with Gasteiger partial charge in [-0.25, -0.2) is 0 Å². The van der Waals surface area contributed by atoms with Gasteiger partial charge < -0.3 is 10.7 Å². The topological polar surface area (TPSA) is 41.8 Å². The van der Waals surface area contributed by atoms with E-state index >= 15 is 0 Å². The number of nitrogens with two attached hydrogens (primary N) is 1. The van der Waals surface area contributed by atoms with Crippen LogP contribution in [0, 0.1) is 0 Å². The average molecular weight is 188 g/mol. The molecule has 0 amide bonds. The first kappa shape index (κ1) is 10.5. The third-order valence-corrected chi connectivity index (χ3v) is 2.02. The summed E-state index contributed by atoms with van der Waals surface area (Å²) >= 11 is 0. The summed E-state index contributed by atoms with van der Waals surface area (Å²) in [5.41, 5.74) is 6.75. The highest BCUT2D eigenvalue weighted by atomic mass is 14.7. The molecule has 0 aliphatic heterocycles. The standard InChI is InChI=1S/C12H16N2/c1-3-5-11-10(7-8-13)9-14-12(11)6-4-2/h3-6,9,14H,1-2,7-8,13H2/b11-5-,12-6+. The summed E-state index contributed by atoms with van der Waals surface area (Å²) in [7, 11) is 0. The average Bonchev–Trinajstić information content (AvgIpc) is 2.52. The van der Waals surface area contributed by atoms with Crippen LogP contribution < -0.4 is 16.3 Å². The summed E-state index contributed by atoms with van der Waals surface area (Å²) in [6, 6.07) is 0. The lowest BCUT2D eigenvalue weighted by Crippen LogP contribution is -2.25. The Morgan fingerprint density at radius 3 is 2.57 bits per heavy atom. The Morgan fingerprint density at radius 2 is 2.00 bits per heavy atom. The van der Waals surface area contributed by atoms with E-state index in [2.05, 4.69) is 18.1 Å². The molecule has 0 fully saturated rings. The fourth-order valence-corrected chi connectivity index (χ4v) is 1.43. The van der Waals surface area contributed by atoms with Crippen LogP contribution in [-0.4, -0.2) is 11.5 Å². The summed E-state index contributed by atoms with van der Waals surface area (Å²) < 4.78 is 0.